The highest BCUT2D eigenvalue weighted by Gasteiger charge is 2.09. The summed E-state index contributed by atoms with van der Waals surface area (Å²) in [5, 5.41) is 0. The predicted molar refractivity (Wildman–Crippen MR) is 124 cm³/mol. The third-order valence-corrected chi connectivity index (χ3v) is 3.68. The van der Waals surface area contributed by atoms with Gasteiger partial charge in [0.15, 0.2) is 0 Å². The lowest BCUT2D eigenvalue weighted by Crippen LogP contribution is -1.93. The highest BCUT2D eigenvalue weighted by molar-refractivity contribution is 5.90. The molecule has 0 aromatic heterocycles. The molecule has 2 aromatic rings. The molecular weight excluding hydrogens is 331 g/mol. The van der Waals surface area contributed by atoms with E-state index in [1.165, 1.54) is 34.8 Å². The Kier molecular flexibility index (Phi) is 17.7. The van der Waals surface area contributed by atoms with Crippen LogP contribution in [0.15, 0.2) is 48.5 Å². The van der Waals surface area contributed by atoms with Gasteiger partial charge in [0.05, 0.1) is 0 Å². The van der Waals surface area contributed by atoms with Crippen molar-refractivity contribution in [3.63, 3.8) is 0 Å². The summed E-state index contributed by atoms with van der Waals surface area (Å²) < 4.78 is 13.4. The molecule has 152 valence electrons. The summed E-state index contributed by atoms with van der Waals surface area (Å²) in [6, 6.07) is 15.3. The fraction of sp³-hybridized carbons (Fsp3) is 0.462. The minimum absolute atomic E-state index is 0.178. The molecule has 0 aliphatic carbocycles. The van der Waals surface area contributed by atoms with Crippen molar-refractivity contribution in [1.29, 1.82) is 0 Å². The Bertz CT molecular complexity index is 638. The molecule has 27 heavy (non-hydrogen) atoms. The lowest BCUT2D eigenvalue weighted by atomic mass is 9.90. The number of aryl methyl sites for hydroxylation is 1. The molecule has 0 atom stereocenters. The standard InChI is InChI=1S/C19H21F.C3H8.2C2H6/c1-4-8-19(18-12-6-5-9-14(18)2)15(3)16-10-7-11-17(20)13-16;1-3-2;2*1-2/h5-7,9-13H,4,8H2,1-3H3;3H2,1-2H3;2*1-2H3/b19-15+;;;. The van der Waals surface area contributed by atoms with Crippen LogP contribution in [0.3, 0.4) is 0 Å². The van der Waals surface area contributed by atoms with Gasteiger partial charge in [0.2, 0.25) is 0 Å². The third-order valence-electron chi connectivity index (χ3n) is 3.68. The number of halogens is 1. The van der Waals surface area contributed by atoms with Crippen molar-refractivity contribution >= 4 is 11.1 Å². The Morgan fingerprint density at radius 1 is 0.852 bits per heavy atom. The second-order valence-corrected chi connectivity index (χ2v) is 5.89. The molecule has 1 heteroatoms. The maximum atomic E-state index is 13.4. The van der Waals surface area contributed by atoms with Crippen LogP contribution in [0.25, 0.3) is 11.1 Å². The Balaban J connectivity index is 0. The minimum Gasteiger partial charge on any atom is -0.207 e. The van der Waals surface area contributed by atoms with Gasteiger partial charge in [-0.3, -0.25) is 0 Å². The normalized spacial score (nSPS) is 10.1. The number of hydrogen-bond acceptors (Lipinski definition) is 0. The summed E-state index contributed by atoms with van der Waals surface area (Å²) in [7, 11) is 0. The second kappa shape index (κ2) is 17.5. The van der Waals surface area contributed by atoms with Crippen LogP contribution in [0, 0.1) is 12.7 Å². The molecule has 0 fully saturated rings. The molecule has 2 aromatic carbocycles. The monoisotopic (exact) mass is 372 g/mol. The zero-order chi connectivity index (χ0) is 21.2. The zero-order valence-corrected chi connectivity index (χ0v) is 19.1. The molecule has 0 nitrogen and oxygen atoms in total. The molecule has 0 heterocycles. The van der Waals surface area contributed by atoms with E-state index in [9.17, 15) is 4.39 Å². The quantitative estimate of drug-likeness (QED) is 0.469. The smallest absolute Gasteiger partial charge is 0.123 e. The van der Waals surface area contributed by atoms with E-state index in [1.54, 1.807) is 12.1 Å². The summed E-state index contributed by atoms with van der Waals surface area (Å²) in [6.07, 6.45) is 3.34. The van der Waals surface area contributed by atoms with E-state index in [-0.39, 0.29) is 5.82 Å². The Hall–Kier alpha value is -1.89. The van der Waals surface area contributed by atoms with Crippen LogP contribution in [0.5, 0.6) is 0 Å². The van der Waals surface area contributed by atoms with E-state index in [4.69, 9.17) is 0 Å². The molecule has 0 saturated heterocycles. The van der Waals surface area contributed by atoms with E-state index < -0.39 is 0 Å². The molecule has 0 amide bonds. The maximum absolute atomic E-state index is 13.4. The Morgan fingerprint density at radius 2 is 1.41 bits per heavy atom. The fourth-order valence-electron chi connectivity index (χ4n) is 2.58. The van der Waals surface area contributed by atoms with Gasteiger partial charge in [-0.1, -0.05) is 97.7 Å². The van der Waals surface area contributed by atoms with Crippen LogP contribution in [0.4, 0.5) is 4.39 Å². The fourth-order valence-corrected chi connectivity index (χ4v) is 2.58. The van der Waals surface area contributed by atoms with Crippen molar-refractivity contribution in [3.8, 4) is 0 Å². The van der Waals surface area contributed by atoms with E-state index >= 15 is 0 Å². The SMILES string of the molecule is CC.CC.CCC.CCC/C(=C(/C)c1cccc(F)c1)c1ccccc1C. The van der Waals surface area contributed by atoms with E-state index in [0.717, 1.165) is 18.4 Å². The van der Waals surface area contributed by atoms with Gasteiger partial charge in [0, 0.05) is 0 Å². The summed E-state index contributed by atoms with van der Waals surface area (Å²) in [5.41, 5.74) is 6.00. The van der Waals surface area contributed by atoms with Crippen LogP contribution in [-0.4, -0.2) is 0 Å². The summed E-state index contributed by atoms with van der Waals surface area (Å²) in [5.74, 6) is -0.178. The van der Waals surface area contributed by atoms with Gasteiger partial charge in [-0.15, -0.1) is 0 Å². The zero-order valence-electron chi connectivity index (χ0n) is 19.1. The maximum Gasteiger partial charge on any atom is 0.123 e. The first kappa shape index (κ1) is 27.3. The first-order valence-electron chi connectivity index (χ1n) is 10.6. The molecular formula is C26H41F. The number of benzene rings is 2. The molecule has 0 unspecified atom stereocenters. The molecule has 0 bridgehead atoms. The summed E-state index contributed by atoms with van der Waals surface area (Å²) in [6.45, 7) is 18.6. The molecule has 0 aliphatic rings. The van der Waals surface area contributed by atoms with Crippen LogP contribution in [0.2, 0.25) is 0 Å². The number of allylic oxidation sites excluding steroid dienone is 2. The Morgan fingerprint density at radius 3 is 1.89 bits per heavy atom. The van der Waals surface area contributed by atoms with Gasteiger partial charge in [0.25, 0.3) is 0 Å². The van der Waals surface area contributed by atoms with Crippen LogP contribution < -0.4 is 0 Å². The highest BCUT2D eigenvalue weighted by atomic mass is 19.1. The Labute approximate surface area is 168 Å². The van der Waals surface area contributed by atoms with Gasteiger partial charge in [-0.05, 0) is 60.2 Å². The first-order valence-corrected chi connectivity index (χ1v) is 10.6. The van der Waals surface area contributed by atoms with E-state index in [0.29, 0.717) is 0 Å². The molecule has 0 radical (unpaired) electrons. The molecule has 2 rings (SSSR count). The van der Waals surface area contributed by atoms with Gasteiger partial charge in [0.1, 0.15) is 5.82 Å². The highest BCUT2D eigenvalue weighted by Crippen LogP contribution is 2.31. The average Bonchev–Trinajstić information content (AvgIpc) is 2.70. The van der Waals surface area contributed by atoms with E-state index in [2.05, 4.69) is 58.9 Å². The van der Waals surface area contributed by atoms with Crippen molar-refractivity contribution in [2.24, 2.45) is 0 Å². The molecule has 0 spiro atoms. The average molecular weight is 373 g/mol. The van der Waals surface area contributed by atoms with E-state index in [1.807, 2.05) is 33.8 Å². The van der Waals surface area contributed by atoms with Crippen molar-refractivity contribution in [3.05, 3.63) is 71.0 Å². The lowest BCUT2D eigenvalue weighted by molar-refractivity contribution is 0.627. The van der Waals surface area contributed by atoms with Crippen LogP contribution >= 0.6 is 0 Å². The minimum atomic E-state index is -0.178. The lowest BCUT2D eigenvalue weighted by Gasteiger charge is -2.15. The molecule has 0 N–H and O–H groups in total. The third kappa shape index (κ3) is 10.1. The van der Waals surface area contributed by atoms with Crippen LogP contribution in [0.1, 0.15) is 91.3 Å². The number of rotatable bonds is 4. The second-order valence-electron chi connectivity index (χ2n) is 5.89. The molecule has 0 aliphatic heterocycles. The van der Waals surface area contributed by atoms with Gasteiger partial charge >= 0.3 is 0 Å². The largest absolute Gasteiger partial charge is 0.207 e. The topological polar surface area (TPSA) is 0 Å². The first-order chi connectivity index (χ1) is 13.0. The summed E-state index contributed by atoms with van der Waals surface area (Å²) >= 11 is 0. The number of hydrogen-bond donors (Lipinski definition) is 0. The van der Waals surface area contributed by atoms with Crippen molar-refractivity contribution in [2.45, 2.75) is 81.6 Å². The van der Waals surface area contributed by atoms with Crippen LogP contribution in [-0.2, 0) is 0 Å². The van der Waals surface area contributed by atoms with Crippen molar-refractivity contribution in [1.82, 2.24) is 0 Å². The van der Waals surface area contributed by atoms with Crippen molar-refractivity contribution < 1.29 is 4.39 Å². The van der Waals surface area contributed by atoms with Crippen molar-refractivity contribution in [2.75, 3.05) is 0 Å². The summed E-state index contributed by atoms with van der Waals surface area (Å²) in [4.78, 5) is 0. The van der Waals surface area contributed by atoms with Gasteiger partial charge in [-0.2, -0.15) is 0 Å². The van der Waals surface area contributed by atoms with Gasteiger partial charge in [-0.25, -0.2) is 4.39 Å². The predicted octanol–water partition coefficient (Wildman–Crippen LogP) is 9.33. The molecule has 0 saturated carbocycles. The van der Waals surface area contributed by atoms with Gasteiger partial charge < -0.3 is 0 Å².